The number of fused-ring (bicyclic) bond motifs is 1. The van der Waals surface area contributed by atoms with Crippen LogP contribution in [0.15, 0.2) is 36.4 Å². The zero-order valence-corrected chi connectivity index (χ0v) is 18.7. The third kappa shape index (κ3) is 5.16. The normalized spacial score (nSPS) is 12.6. The highest BCUT2D eigenvalue weighted by Gasteiger charge is 2.31. The van der Waals surface area contributed by atoms with E-state index >= 15 is 0 Å². The van der Waals surface area contributed by atoms with Crippen molar-refractivity contribution < 1.29 is 41.7 Å². The maximum absolute atomic E-state index is 14.2. The summed E-state index contributed by atoms with van der Waals surface area (Å²) in [5.74, 6) is -4.17. The molecule has 1 heterocycles. The molecule has 3 rings (SSSR count). The van der Waals surface area contributed by atoms with Crippen molar-refractivity contribution in [3.8, 4) is 11.5 Å². The molecule has 0 spiro atoms. The lowest BCUT2D eigenvalue weighted by atomic mass is 9.98. The molecule has 6 nitrogen and oxygen atoms in total. The van der Waals surface area contributed by atoms with E-state index in [4.69, 9.17) is 4.74 Å². The average molecular weight is 481 g/mol. The van der Waals surface area contributed by atoms with E-state index in [-0.39, 0.29) is 23.1 Å². The van der Waals surface area contributed by atoms with Gasteiger partial charge in [0.05, 0.1) is 18.0 Å². The predicted molar refractivity (Wildman–Crippen MR) is 115 cm³/mol. The van der Waals surface area contributed by atoms with Gasteiger partial charge in [0.1, 0.15) is 5.75 Å². The number of carbonyl (C=O) groups excluding carboxylic acids is 2. The lowest BCUT2D eigenvalue weighted by molar-refractivity contribution is -0.274. The molecule has 10 heteroatoms. The van der Waals surface area contributed by atoms with Gasteiger partial charge in [0.15, 0.2) is 11.6 Å². The maximum atomic E-state index is 14.2. The number of unbranched alkanes of at least 4 members (excludes halogenated alkanes) is 1. The Morgan fingerprint density at radius 1 is 1.15 bits per heavy atom. The fourth-order valence-corrected chi connectivity index (χ4v) is 3.74. The van der Waals surface area contributed by atoms with E-state index in [0.29, 0.717) is 17.7 Å². The highest BCUT2D eigenvalue weighted by Crippen LogP contribution is 2.36. The van der Waals surface area contributed by atoms with E-state index in [9.17, 15) is 32.3 Å². The number of aromatic hydroxyl groups is 1. The van der Waals surface area contributed by atoms with Crippen LogP contribution in [0.4, 0.5) is 17.6 Å². The molecule has 1 atom stereocenters. The van der Waals surface area contributed by atoms with Gasteiger partial charge in [-0.2, -0.15) is 0 Å². The number of alkyl halides is 3. The van der Waals surface area contributed by atoms with E-state index in [2.05, 4.69) is 4.74 Å². The van der Waals surface area contributed by atoms with Crippen molar-refractivity contribution in [2.45, 2.75) is 45.9 Å². The summed E-state index contributed by atoms with van der Waals surface area (Å²) in [5.41, 5.74) is 0.780. The SMILES string of the molecule is CCCCOC(=O)C(C)c1c(C)n(C(=O)c2ccc(OC(F)(F)F)cc2)c2cc(F)c(O)cc12. The molecular weight excluding hydrogens is 458 g/mol. The van der Waals surface area contributed by atoms with Gasteiger partial charge in [0, 0.05) is 22.7 Å². The van der Waals surface area contributed by atoms with E-state index in [1.165, 1.54) is 0 Å². The number of phenolic OH excluding ortho intramolecular Hbond substituents is 1. The van der Waals surface area contributed by atoms with Crippen molar-refractivity contribution in [3.63, 3.8) is 0 Å². The van der Waals surface area contributed by atoms with Crippen LogP contribution in [-0.4, -0.2) is 34.5 Å². The second kappa shape index (κ2) is 9.74. The first-order valence-electron chi connectivity index (χ1n) is 10.5. The van der Waals surface area contributed by atoms with Gasteiger partial charge < -0.3 is 14.6 Å². The second-order valence-corrected chi connectivity index (χ2v) is 7.78. The van der Waals surface area contributed by atoms with E-state index < -0.39 is 41.5 Å². The molecule has 0 saturated heterocycles. The third-order valence-electron chi connectivity index (χ3n) is 5.39. The van der Waals surface area contributed by atoms with Gasteiger partial charge >= 0.3 is 12.3 Å². The molecule has 0 aliphatic rings. The highest BCUT2D eigenvalue weighted by molar-refractivity contribution is 6.05. The quantitative estimate of drug-likeness (QED) is 0.261. The topological polar surface area (TPSA) is 77.8 Å². The number of carbonyl (C=O) groups is 2. The number of ether oxygens (including phenoxy) is 2. The first-order chi connectivity index (χ1) is 15.9. The molecule has 1 unspecified atom stereocenters. The minimum Gasteiger partial charge on any atom is -0.505 e. The molecule has 1 aromatic heterocycles. The van der Waals surface area contributed by atoms with E-state index in [1.807, 2.05) is 6.92 Å². The molecular formula is C24H23F4NO5. The van der Waals surface area contributed by atoms with E-state index in [1.54, 1.807) is 13.8 Å². The van der Waals surface area contributed by atoms with Crippen LogP contribution < -0.4 is 4.74 Å². The van der Waals surface area contributed by atoms with Crippen molar-refractivity contribution in [3.05, 3.63) is 59.0 Å². The Labute approximate surface area is 192 Å². The third-order valence-corrected chi connectivity index (χ3v) is 5.39. The van der Waals surface area contributed by atoms with Crippen molar-refractivity contribution in [1.82, 2.24) is 4.57 Å². The lowest BCUT2D eigenvalue weighted by Gasteiger charge is -2.13. The minimum atomic E-state index is -4.88. The van der Waals surface area contributed by atoms with Crippen molar-refractivity contribution >= 4 is 22.8 Å². The number of rotatable bonds is 7. The first-order valence-corrected chi connectivity index (χ1v) is 10.5. The molecule has 0 saturated carbocycles. The van der Waals surface area contributed by atoms with Crippen LogP contribution in [0.25, 0.3) is 10.9 Å². The monoisotopic (exact) mass is 481 g/mol. The van der Waals surface area contributed by atoms with Crippen LogP contribution in [0.2, 0.25) is 0 Å². The van der Waals surface area contributed by atoms with Crippen LogP contribution in [0, 0.1) is 12.7 Å². The van der Waals surface area contributed by atoms with E-state index in [0.717, 1.165) is 47.4 Å². The molecule has 1 N–H and O–H groups in total. The van der Waals surface area contributed by atoms with Crippen LogP contribution in [0.1, 0.15) is 54.2 Å². The summed E-state index contributed by atoms with van der Waals surface area (Å²) in [5, 5.41) is 10.2. The molecule has 34 heavy (non-hydrogen) atoms. The van der Waals surface area contributed by atoms with Crippen LogP contribution in [-0.2, 0) is 9.53 Å². The zero-order valence-electron chi connectivity index (χ0n) is 18.7. The zero-order chi connectivity index (χ0) is 25.2. The number of nitrogens with zero attached hydrogens (tertiary/aromatic N) is 1. The summed E-state index contributed by atoms with van der Waals surface area (Å²) in [6, 6.07) is 6.37. The Bertz CT molecular complexity index is 1220. The van der Waals surface area contributed by atoms with Crippen molar-refractivity contribution in [1.29, 1.82) is 0 Å². The summed E-state index contributed by atoms with van der Waals surface area (Å²) in [6.07, 6.45) is -3.37. The molecule has 182 valence electrons. The maximum Gasteiger partial charge on any atom is 0.573 e. The number of hydrogen-bond donors (Lipinski definition) is 1. The number of benzene rings is 2. The van der Waals surface area contributed by atoms with Crippen LogP contribution >= 0.6 is 0 Å². The van der Waals surface area contributed by atoms with Gasteiger partial charge in [-0.1, -0.05) is 13.3 Å². The van der Waals surface area contributed by atoms with Gasteiger partial charge in [-0.25, -0.2) is 4.39 Å². The Hall–Kier alpha value is -3.56. The average Bonchev–Trinajstić information content (AvgIpc) is 3.03. The van der Waals surface area contributed by atoms with Gasteiger partial charge in [-0.15, -0.1) is 13.2 Å². The Balaban J connectivity index is 2.07. The smallest absolute Gasteiger partial charge is 0.505 e. The van der Waals surface area contributed by atoms with Crippen molar-refractivity contribution in [2.75, 3.05) is 6.61 Å². The minimum absolute atomic E-state index is 0.00716. The molecule has 3 aromatic rings. The number of hydrogen-bond acceptors (Lipinski definition) is 5. The fourth-order valence-electron chi connectivity index (χ4n) is 3.74. The standard InChI is InChI=1S/C24H23F4NO5/c1-4-5-10-33-23(32)13(2)21-14(3)29(19-12-18(25)20(30)11-17(19)21)22(31)15-6-8-16(9-7-15)34-24(26,27)28/h6-9,11-13,30H,4-5,10H2,1-3H3. The van der Waals surface area contributed by atoms with Crippen molar-refractivity contribution in [2.24, 2.45) is 0 Å². The molecule has 0 aliphatic carbocycles. The number of halogens is 4. The summed E-state index contributed by atoms with van der Waals surface area (Å²) in [7, 11) is 0. The molecule has 0 aliphatic heterocycles. The van der Waals surface area contributed by atoms with Gasteiger partial charge in [0.2, 0.25) is 0 Å². The van der Waals surface area contributed by atoms with Gasteiger partial charge in [-0.05, 0) is 56.2 Å². The van der Waals surface area contributed by atoms with Crippen LogP contribution in [0.3, 0.4) is 0 Å². The number of esters is 1. The summed E-state index contributed by atoms with van der Waals surface area (Å²) < 4.78 is 61.7. The number of phenols is 1. The molecule has 0 amide bonds. The molecule has 0 bridgehead atoms. The Morgan fingerprint density at radius 2 is 1.79 bits per heavy atom. The second-order valence-electron chi connectivity index (χ2n) is 7.78. The Morgan fingerprint density at radius 3 is 2.38 bits per heavy atom. The summed E-state index contributed by atoms with van der Waals surface area (Å²) >= 11 is 0. The summed E-state index contributed by atoms with van der Waals surface area (Å²) in [6.45, 7) is 5.30. The first kappa shape index (κ1) is 25.1. The van der Waals surface area contributed by atoms with Gasteiger partial charge in [-0.3, -0.25) is 14.2 Å². The molecule has 0 radical (unpaired) electrons. The molecule has 2 aromatic carbocycles. The Kier molecular flexibility index (Phi) is 7.18. The highest BCUT2D eigenvalue weighted by atomic mass is 19.4. The molecule has 0 fully saturated rings. The largest absolute Gasteiger partial charge is 0.573 e. The van der Waals surface area contributed by atoms with Crippen LogP contribution in [0.5, 0.6) is 11.5 Å². The fraction of sp³-hybridized carbons (Fsp3) is 0.333. The summed E-state index contributed by atoms with van der Waals surface area (Å²) in [4.78, 5) is 25.9. The van der Waals surface area contributed by atoms with Gasteiger partial charge in [0.25, 0.3) is 5.91 Å². The number of aromatic nitrogens is 1. The predicted octanol–water partition coefficient (Wildman–Crippen LogP) is 5.83. The lowest BCUT2D eigenvalue weighted by Crippen LogP contribution is -2.18.